The molecule has 0 aliphatic carbocycles. The lowest BCUT2D eigenvalue weighted by Gasteiger charge is -2.21. The fourth-order valence-corrected chi connectivity index (χ4v) is 3.15. The number of hydrogen-bond donors (Lipinski definition) is 1. The Morgan fingerprint density at radius 2 is 2.39 bits per heavy atom. The van der Waals surface area contributed by atoms with E-state index in [-0.39, 0.29) is 5.56 Å². The van der Waals surface area contributed by atoms with Gasteiger partial charge in [0, 0.05) is 5.75 Å². The number of aryl methyl sites for hydroxylation is 1. The Balaban J connectivity index is 2.22. The summed E-state index contributed by atoms with van der Waals surface area (Å²) < 4.78 is 13.8. The van der Waals surface area contributed by atoms with Crippen molar-refractivity contribution in [1.82, 2.24) is 5.32 Å². The first-order chi connectivity index (χ1) is 8.58. The second-order valence-corrected chi connectivity index (χ2v) is 5.49. The Morgan fingerprint density at radius 1 is 1.61 bits per heavy atom. The highest BCUT2D eigenvalue weighted by Crippen LogP contribution is 2.27. The fourth-order valence-electron chi connectivity index (χ4n) is 1.89. The lowest BCUT2D eigenvalue weighted by atomic mass is 10.00. The van der Waals surface area contributed by atoms with Gasteiger partial charge in [0.05, 0.1) is 11.6 Å². The smallest absolute Gasteiger partial charge is 0.255 e. The monoisotopic (exact) mass is 264 g/mol. The second kappa shape index (κ2) is 4.99. The van der Waals surface area contributed by atoms with Gasteiger partial charge in [-0.25, -0.2) is 4.39 Å². The van der Waals surface area contributed by atoms with E-state index in [1.165, 1.54) is 6.07 Å². The quantitative estimate of drug-likeness (QED) is 0.891. The summed E-state index contributed by atoms with van der Waals surface area (Å²) in [5, 5.41) is 11.8. The van der Waals surface area contributed by atoms with Gasteiger partial charge in [-0.15, -0.1) is 0 Å². The maximum absolute atomic E-state index is 13.8. The average Bonchev–Trinajstić information content (AvgIpc) is 2.81. The Labute approximate surface area is 109 Å². The number of halogens is 1. The Bertz CT molecular complexity index is 518. The lowest BCUT2D eigenvalue weighted by molar-refractivity contribution is 0.0922. The molecule has 5 heteroatoms. The van der Waals surface area contributed by atoms with Crippen molar-refractivity contribution in [3.63, 3.8) is 0 Å². The van der Waals surface area contributed by atoms with Crippen molar-refractivity contribution in [2.24, 2.45) is 0 Å². The first-order valence-corrected chi connectivity index (χ1v) is 6.80. The van der Waals surface area contributed by atoms with Gasteiger partial charge in [-0.1, -0.05) is 12.1 Å². The van der Waals surface area contributed by atoms with Crippen LogP contribution in [-0.2, 0) is 0 Å². The van der Waals surface area contributed by atoms with Crippen LogP contribution in [-0.4, -0.2) is 23.0 Å². The highest BCUT2D eigenvalue weighted by Gasteiger charge is 2.36. The normalized spacial score (nSPS) is 22.5. The minimum Gasteiger partial charge on any atom is -0.333 e. The third-order valence-corrected chi connectivity index (χ3v) is 4.21. The molecular weight excluding hydrogens is 251 g/mol. The van der Waals surface area contributed by atoms with E-state index in [1.54, 1.807) is 30.8 Å². The SMILES string of the molecule is Cc1cccc(C(=O)NC2(C#N)CCSC2)c1F. The number of nitrogens with zero attached hydrogens (tertiary/aromatic N) is 1. The lowest BCUT2D eigenvalue weighted by Crippen LogP contribution is -2.47. The maximum atomic E-state index is 13.8. The van der Waals surface area contributed by atoms with Crippen LogP contribution in [0.5, 0.6) is 0 Å². The van der Waals surface area contributed by atoms with Gasteiger partial charge in [0.1, 0.15) is 11.4 Å². The highest BCUT2D eigenvalue weighted by atomic mass is 32.2. The number of nitrogens with one attached hydrogen (secondary N) is 1. The standard InChI is InChI=1S/C13H13FN2OS/c1-9-3-2-4-10(11(9)14)12(17)16-13(7-15)5-6-18-8-13/h2-4H,5-6,8H2,1H3,(H,16,17). The van der Waals surface area contributed by atoms with Crippen molar-refractivity contribution >= 4 is 17.7 Å². The van der Waals surface area contributed by atoms with Gasteiger partial charge in [-0.3, -0.25) is 4.79 Å². The van der Waals surface area contributed by atoms with Crippen molar-refractivity contribution in [1.29, 1.82) is 5.26 Å². The van der Waals surface area contributed by atoms with Crippen LogP contribution in [0.1, 0.15) is 22.3 Å². The topological polar surface area (TPSA) is 52.9 Å². The molecule has 1 saturated heterocycles. The molecule has 0 bridgehead atoms. The first kappa shape index (κ1) is 12.9. The molecule has 3 nitrogen and oxygen atoms in total. The van der Waals surface area contributed by atoms with Crippen molar-refractivity contribution in [3.05, 3.63) is 35.1 Å². The van der Waals surface area contributed by atoms with E-state index in [4.69, 9.17) is 5.26 Å². The summed E-state index contributed by atoms with van der Waals surface area (Å²) in [6.07, 6.45) is 0.605. The zero-order valence-corrected chi connectivity index (χ0v) is 10.8. The third kappa shape index (κ3) is 2.34. The van der Waals surface area contributed by atoms with Crippen molar-refractivity contribution in [3.8, 4) is 6.07 Å². The van der Waals surface area contributed by atoms with Gasteiger partial charge in [0.15, 0.2) is 0 Å². The summed E-state index contributed by atoms with van der Waals surface area (Å²) in [6.45, 7) is 1.61. The van der Waals surface area contributed by atoms with Gasteiger partial charge in [-0.2, -0.15) is 17.0 Å². The summed E-state index contributed by atoms with van der Waals surface area (Å²) in [6, 6.07) is 6.82. The zero-order chi connectivity index (χ0) is 13.2. The van der Waals surface area contributed by atoms with Crippen LogP contribution in [0.2, 0.25) is 0 Å². The Kier molecular flexibility index (Phi) is 3.58. The van der Waals surface area contributed by atoms with Gasteiger partial charge in [0.25, 0.3) is 5.91 Å². The fraction of sp³-hybridized carbons (Fsp3) is 0.385. The minimum absolute atomic E-state index is 0.00141. The number of amides is 1. The molecule has 0 spiro atoms. The molecule has 1 atom stereocenters. The number of hydrogen-bond acceptors (Lipinski definition) is 3. The third-order valence-electron chi connectivity index (χ3n) is 3.02. The van der Waals surface area contributed by atoms with E-state index in [9.17, 15) is 9.18 Å². The summed E-state index contributed by atoms with van der Waals surface area (Å²) >= 11 is 1.62. The minimum atomic E-state index is -0.849. The highest BCUT2D eigenvalue weighted by molar-refractivity contribution is 7.99. The molecule has 2 rings (SSSR count). The predicted molar refractivity (Wildman–Crippen MR) is 68.9 cm³/mol. The summed E-state index contributed by atoms with van der Waals surface area (Å²) in [5.41, 5.74) is -0.422. The molecule has 18 heavy (non-hydrogen) atoms. The van der Waals surface area contributed by atoms with Crippen LogP contribution in [0, 0.1) is 24.1 Å². The maximum Gasteiger partial charge on any atom is 0.255 e. The van der Waals surface area contributed by atoms with Gasteiger partial charge >= 0.3 is 0 Å². The summed E-state index contributed by atoms with van der Waals surface area (Å²) in [4.78, 5) is 12.0. The van der Waals surface area contributed by atoms with Crippen LogP contribution >= 0.6 is 11.8 Å². The van der Waals surface area contributed by atoms with Crippen molar-refractivity contribution in [2.75, 3.05) is 11.5 Å². The molecule has 1 aromatic carbocycles. The molecule has 0 aromatic heterocycles. The van der Waals surface area contributed by atoms with Crippen LogP contribution in [0.3, 0.4) is 0 Å². The number of thioether (sulfide) groups is 1. The number of carbonyl (C=O) groups is 1. The summed E-state index contributed by atoms with van der Waals surface area (Å²) in [5.74, 6) is 0.362. The molecule has 1 heterocycles. The Hall–Kier alpha value is -1.54. The van der Waals surface area contributed by atoms with Crippen molar-refractivity contribution < 1.29 is 9.18 Å². The molecule has 1 aromatic rings. The van der Waals surface area contributed by atoms with E-state index >= 15 is 0 Å². The molecule has 1 amide bonds. The van der Waals surface area contributed by atoms with Crippen LogP contribution in [0.4, 0.5) is 4.39 Å². The van der Waals surface area contributed by atoms with Gasteiger partial charge < -0.3 is 5.32 Å². The first-order valence-electron chi connectivity index (χ1n) is 5.65. The van der Waals surface area contributed by atoms with E-state index < -0.39 is 17.3 Å². The van der Waals surface area contributed by atoms with Crippen LogP contribution < -0.4 is 5.32 Å². The molecule has 1 aliphatic heterocycles. The van der Waals surface area contributed by atoms with Crippen LogP contribution in [0.25, 0.3) is 0 Å². The van der Waals surface area contributed by atoms with E-state index in [2.05, 4.69) is 11.4 Å². The second-order valence-electron chi connectivity index (χ2n) is 4.39. The van der Waals surface area contributed by atoms with E-state index in [0.29, 0.717) is 17.7 Å². The number of nitriles is 1. The Morgan fingerprint density at radius 3 is 3.00 bits per heavy atom. The molecule has 1 aliphatic rings. The van der Waals surface area contributed by atoms with Gasteiger partial charge in [0.2, 0.25) is 0 Å². The molecule has 1 N–H and O–H groups in total. The van der Waals surface area contributed by atoms with Gasteiger partial charge in [-0.05, 0) is 30.7 Å². The van der Waals surface area contributed by atoms with Crippen LogP contribution in [0.15, 0.2) is 18.2 Å². The molecule has 1 unspecified atom stereocenters. The van der Waals surface area contributed by atoms with Crippen molar-refractivity contribution in [2.45, 2.75) is 18.9 Å². The largest absolute Gasteiger partial charge is 0.333 e. The molecular formula is C13H13FN2OS. The van der Waals surface area contributed by atoms with E-state index in [0.717, 1.165) is 5.75 Å². The number of carbonyl (C=O) groups excluding carboxylic acids is 1. The number of rotatable bonds is 2. The molecule has 0 radical (unpaired) electrons. The summed E-state index contributed by atoms with van der Waals surface area (Å²) in [7, 11) is 0. The number of benzene rings is 1. The molecule has 94 valence electrons. The predicted octanol–water partition coefficient (Wildman–Crippen LogP) is 2.26. The van der Waals surface area contributed by atoms with E-state index in [1.807, 2.05) is 0 Å². The molecule has 0 saturated carbocycles. The average molecular weight is 264 g/mol. The zero-order valence-electron chi connectivity index (χ0n) is 10.00. The molecule has 1 fully saturated rings.